The number of pyridine rings is 1. The van der Waals surface area contributed by atoms with Crippen LogP contribution in [-0.4, -0.2) is 42.0 Å². The molecule has 0 saturated carbocycles. The van der Waals surface area contributed by atoms with Gasteiger partial charge in [0.1, 0.15) is 4.88 Å². The number of carbonyl (C=O) groups excluding carboxylic acids is 1. The molecule has 0 unspecified atom stereocenters. The first-order valence-corrected chi connectivity index (χ1v) is 15.2. The van der Waals surface area contributed by atoms with Crippen molar-refractivity contribution in [3.05, 3.63) is 103 Å². The van der Waals surface area contributed by atoms with Crippen LogP contribution in [0.5, 0.6) is 0 Å². The maximum absolute atomic E-state index is 13.3. The van der Waals surface area contributed by atoms with Gasteiger partial charge in [0.2, 0.25) is 10.9 Å². The van der Waals surface area contributed by atoms with Gasteiger partial charge in [-0.2, -0.15) is 0 Å². The summed E-state index contributed by atoms with van der Waals surface area (Å²) in [6, 6.07) is 17.3. The van der Waals surface area contributed by atoms with Gasteiger partial charge < -0.3 is 20.9 Å². The maximum atomic E-state index is 13.3. The fourth-order valence-electron chi connectivity index (χ4n) is 5.62. The van der Waals surface area contributed by atoms with E-state index in [4.69, 9.17) is 0 Å². The molecule has 3 aromatic carbocycles. The van der Waals surface area contributed by atoms with Crippen LogP contribution in [0.25, 0.3) is 22.0 Å². The first-order valence-electron chi connectivity index (χ1n) is 14.4. The number of carbonyl (C=O) groups is 1. The average molecular weight is 580 g/mol. The molecule has 1 fully saturated rings. The lowest BCUT2D eigenvalue weighted by Gasteiger charge is -2.26. The summed E-state index contributed by atoms with van der Waals surface area (Å²) in [5.74, 6) is -0.244. The molecule has 42 heavy (non-hydrogen) atoms. The van der Waals surface area contributed by atoms with E-state index in [0.717, 1.165) is 47.4 Å². The zero-order valence-electron chi connectivity index (χ0n) is 23.5. The van der Waals surface area contributed by atoms with Crippen molar-refractivity contribution in [3.63, 3.8) is 0 Å². The van der Waals surface area contributed by atoms with Crippen molar-refractivity contribution in [2.75, 3.05) is 42.1 Å². The largest absolute Gasteiger partial charge is 0.380 e. The van der Waals surface area contributed by atoms with Gasteiger partial charge >= 0.3 is 0 Å². The lowest BCUT2D eigenvalue weighted by Crippen LogP contribution is -2.39. The highest BCUT2D eigenvalue weighted by Gasteiger charge is 2.24. The number of hydrogen-bond donors (Lipinski definition) is 3. The number of hydrogen-bond acceptors (Lipinski definition) is 8. The highest BCUT2D eigenvalue weighted by Crippen LogP contribution is 2.31. The van der Waals surface area contributed by atoms with E-state index in [-0.39, 0.29) is 5.91 Å². The summed E-state index contributed by atoms with van der Waals surface area (Å²) >= 11 is 1.36. The molecule has 9 heteroatoms. The van der Waals surface area contributed by atoms with Gasteiger partial charge in [-0.15, -0.1) is 11.3 Å². The van der Waals surface area contributed by atoms with Gasteiger partial charge in [0.15, 0.2) is 0 Å². The highest BCUT2D eigenvalue weighted by atomic mass is 32.1. The summed E-state index contributed by atoms with van der Waals surface area (Å²) in [6.07, 6.45) is 5.47. The Morgan fingerprint density at radius 1 is 0.976 bits per heavy atom. The molecule has 0 radical (unpaired) electrons. The maximum Gasteiger partial charge on any atom is 0.267 e. The van der Waals surface area contributed by atoms with Gasteiger partial charge in [-0.25, -0.2) is 0 Å². The second-order valence-electron chi connectivity index (χ2n) is 10.7. The van der Waals surface area contributed by atoms with Crippen LogP contribution in [0.2, 0.25) is 0 Å². The number of para-hydroxylation sites is 1. The number of aromatic nitrogens is 1. The number of fused-ring (bicyclic) bond motifs is 1. The van der Waals surface area contributed by atoms with E-state index >= 15 is 0 Å². The van der Waals surface area contributed by atoms with Gasteiger partial charge in [0.05, 0.1) is 22.5 Å². The Morgan fingerprint density at radius 3 is 2.67 bits per heavy atom. The zero-order chi connectivity index (χ0) is 29.1. The van der Waals surface area contributed by atoms with E-state index in [1.165, 1.54) is 30.6 Å². The highest BCUT2D eigenvalue weighted by molar-refractivity contribution is 7.12. The van der Waals surface area contributed by atoms with Crippen LogP contribution >= 0.6 is 11.3 Å². The van der Waals surface area contributed by atoms with E-state index in [9.17, 15) is 14.4 Å². The predicted molar refractivity (Wildman–Crippen MR) is 172 cm³/mol. The molecule has 8 nitrogen and oxygen atoms in total. The van der Waals surface area contributed by atoms with Crippen LogP contribution in [0.4, 0.5) is 17.1 Å². The van der Waals surface area contributed by atoms with Crippen LogP contribution in [0.15, 0.2) is 75.8 Å². The number of nitrogens with zero attached hydrogens (tertiary/aromatic N) is 2. The normalized spacial score (nSPS) is 13.8. The molecule has 1 saturated heterocycles. The van der Waals surface area contributed by atoms with Crippen molar-refractivity contribution >= 4 is 45.2 Å². The minimum atomic E-state index is -0.490. The minimum absolute atomic E-state index is 0.244. The van der Waals surface area contributed by atoms with Crippen molar-refractivity contribution in [1.29, 1.82) is 0 Å². The lowest BCUT2D eigenvalue weighted by atomic mass is 9.94. The van der Waals surface area contributed by atoms with E-state index in [2.05, 4.69) is 25.8 Å². The molecular formula is C33H33N5O3S. The quantitative estimate of drug-likeness (QED) is 0.184. The summed E-state index contributed by atoms with van der Waals surface area (Å²) in [6.45, 7) is 6.04. The third-order valence-corrected chi connectivity index (χ3v) is 8.85. The molecule has 1 aliphatic rings. The predicted octanol–water partition coefficient (Wildman–Crippen LogP) is 5.63. The number of thiophene rings is 1. The number of benzene rings is 2. The van der Waals surface area contributed by atoms with Crippen molar-refractivity contribution in [3.8, 4) is 11.1 Å². The second kappa shape index (κ2) is 12.3. The van der Waals surface area contributed by atoms with Crippen LogP contribution in [0, 0.1) is 6.92 Å². The van der Waals surface area contributed by atoms with Gasteiger partial charge in [0.25, 0.3) is 5.91 Å². The number of nitrogens with one attached hydrogen (secondary N) is 3. The van der Waals surface area contributed by atoms with Crippen LogP contribution < -0.4 is 26.8 Å². The van der Waals surface area contributed by atoms with Crippen LogP contribution in [-0.2, 0) is 6.54 Å². The molecule has 0 atom stereocenters. The smallest absolute Gasteiger partial charge is 0.267 e. The summed E-state index contributed by atoms with van der Waals surface area (Å²) in [5, 5.41) is 12.6. The van der Waals surface area contributed by atoms with Gasteiger partial charge in [-0.1, -0.05) is 30.7 Å². The van der Waals surface area contributed by atoms with E-state index in [0.29, 0.717) is 40.5 Å². The fourth-order valence-corrected chi connectivity index (χ4v) is 6.39. The number of anilines is 3. The molecule has 3 N–H and O–H groups in total. The number of piperidine rings is 1. The fraction of sp³-hybridized carbons (Fsp3) is 0.273. The first-order chi connectivity index (χ1) is 20.5. The Morgan fingerprint density at radius 2 is 1.81 bits per heavy atom. The first kappa shape index (κ1) is 27.8. The summed E-state index contributed by atoms with van der Waals surface area (Å²) in [7, 11) is 0. The van der Waals surface area contributed by atoms with Gasteiger partial charge in [0, 0.05) is 36.9 Å². The van der Waals surface area contributed by atoms with E-state index in [1.54, 1.807) is 12.3 Å². The zero-order valence-corrected chi connectivity index (χ0v) is 24.4. The van der Waals surface area contributed by atoms with Crippen molar-refractivity contribution < 1.29 is 4.79 Å². The Hall–Kier alpha value is -4.34. The van der Waals surface area contributed by atoms with Crippen LogP contribution in [0.3, 0.4) is 0 Å². The Bertz CT molecular complexity index is 1810. The number of aryl methyl sites for hydroxylation is 1. The van der Waals surface area contributed by atoms with Crippen molar-refractivity contribution in [2.45, 2.75) is 32.7 Å². The lowest BCUT2D eigenvalue weighted by molar-refractivity contribution is 0.103. The minimum Gasteiger partial charge on any atom is -0.380 e. The van der Waals surface area contributed by atoms with E-state index in [1.807, 2.05) is 60.8 Å². The Kier molecular flexibility index (Phi) is 8.12. The molecular weight excluding hydrogens is 546 g/mol. The number of amides is 1. The molecule has 1 amide bonds. The molecule has 214 valence electrons. The standard InChI is InChI=1S/C33H33N5O3S/c1-21-9-10-23(19-25(21)28-29(31(40)30(28)39)35-14-17-38-15-5-2-6-16-38)37-33(41)32-27(12-18-42-32)36-20-22-11-13-34-26-8-4-3-7-24(22)26/h3-4,7-13,18-19,35-36H,2,5-6,14-17,20H2,1H3,(H,37,41). The summed E-state index contributed by atoms with van der Waals surface area (Å²) in [4.78, 5) is 45.8. The van der Waals surface area contributed by atoms with E-state index < -0.39 is 10.9 Å². The molecule has 0 spiro atoms. The molecule has 6 rings (SSSR count). The SMILES string of the molecule is Cc1ccc(NC(=O)c2sccc2NCc2ccnc3ccccc23)cc1-c1c(NCCN2CCCCC2)c(=O)c1=O. The second-order valence-corrected chi connectivity index (χ2v) is 11.6. The summed E-state index contributed by atoms with van der Waals surface area (Å²) in [5.41, 5.74) is 4.65. The van der Waals surface area contributed by atoms with Crippen molar-refractivity contribution in [2.24, 2.45) is 0 Å². The molecule has 3 heterocycles. The van der Waals surface area contributed by atoms with Gasteiger partial charge in [-0.3, -0.25) is 19.4 Å². The Labute approximate surface area is 248 Å². The average Bonchev–Trinajstić information content (AvgIpc) is 3.50. The Balaban J connectivity index is 1.15. The van der Waals surface area contributed by atoms with Crippen molar-refractivity contribution in [1.82, 2.24) is 9.88 Å². The molecule has 0 bridgehead atoms. The molecule has 0 aliphatic carbocycles. The number of rotatable bonds is 10. The summed E-state index contributed by atoms with van der Waals surface area (Å²) < 4.78 is 0. The third-order valence-electron chi connectivity index (χ3n) is 7.93. The topological polar surface area (TPSA) is 103 Å². The monoisotopic (exact) mass is 579 g/mol. The third kappa shape index (κ3) is 5.70. The van der Waals surface area contributed by atoms with Crippen LogP contribution in [0.1, 0.15) is 40.1 Å². The number of likely N-dealkylation sites (tertiary alicyclic amines) is 1. The van der Waals surface area contributed by atoms with Gasteiger partial charge in [-0.05, 0) is 85.3 Å². The molecule has 2 aromatic heterocycles. The molecule has 5 aromatic rings. The molecule has 1 aliphatic heterocycles.